The first-order valence-electron chi connectivity index (χ1n) is 2.51. The minimum atomic E-state index is -2.23. The van der Waals surface area contributed by atoms with Gasteiger partial charge in [-0.15, -0.1) is 0 Å². The molecule has 0 aliphatic carbocycles. The van der Waals surface area contributed by atoms with Crippen LogP contribution in [0.25, 0.3) is 0 Å². The van der Waals surface area contributed by atoms with E-state index in [-0.39, 0.29) is 13.2 Å². The highest BCUT2D eigenvalue weighted by Crippen LogP contribution is 2.33. The van der Waals surface area contributed by atoms with Gasteiger partial charge in [0.1, 0.15) is 0 Å². The van der Waals surface area contributed by atoms with Crippen molar-refractivity contribution in [3.63, 3.8) is 0 Å². The number of hydrogen-bond donors (Lipinski definition) is 0. The lowest BCUT2D eigenvalue weighted by Crippen LogP contribution is -2.45. The lowest BCUT2D eigenvalue weighted by Gasteiger charge is -2.36. The molecule has 0 saturated carbocycles. The van der Waals surface area contributed by atoms with E-state index in [9.17, 15) is 8.78 Å². The maximum absolute atomic E-state index is 11.8. The van der Waals surface area contributed by atoms with Crippen LogP contribution in [0.1, 0.15) is 6.92 Å². The monoisotopic (exact) mass is 122 g/mol. The molecule has 0 unspecified atom stereocenters. The second-order valence-electron chi connectivity index (χ2n) is 2.45. The van der Waals surface area contributed by atoms with Gasteiger partial charge in [-0.2, -0.15) is 0 Å². The van der Waals surface area contributed by atoms with E-state index in [2.05, 4.69) is 4.74 Å². The quantitative estimate of drug-likeness (QED) is 0.509. The van der Waals surface area contributed by atoms with Crippen LogP contribution in [0.3, 0.4) is 0 Å². The van der Waals surface area contributed by atoms with Gasteiger partial charge in [0.05, 0.1) is 18.6 Å². The normalized spacial score (nSPS) is 25.5. The van der Waals surface area contributed by atoms with E-state index in [0.29, 0.717) is 0 Å². The summed E-state index contributed by atoms with van der Waals surface area (Å²) in [5, 5.41) is 0. The molecule has 0 aromatic carbocycles. The smallest absolute Gasteiger partial charge is 0.248 e. The predicted molar refractivity (Wildman–Crippen MR) is 24.9 cm³/mol. The first kappa shape index (κ1) is 5.95. The van der Waals surface area contributed by atoms with Crippen LogP contribution < -0.4 is 0 Å². The van der Waals surface area contributed by atoms with Gasteiger partial charge in [-0.3, -0.25) is 0 Å². The Balaban J connectivity index is 2.41. The average molecular weight is 122 g/mol. The summed E-state index contributed by atoms with van der Waals surface area (Å²) < 4.78 is 28.2. The molecule has 1 heterocycles. The number of halogens is 2. The number of alkyl halides is 2. The highest BCUT2D eigenvalue weighted by atomic mass is 19.3. The molecule has 0 N–H and O–H groups in total. The van der Waals surface area contributed by atoms with Gasteiger partial charge < -0.3 is 4.74 Å². The third-order valence-electron chi connectivity index (χ3n) is 1.39. The van der Waals surface area contributed by atoms with Crippen molar-refractivity contribution >= 4 is 0 Å². The fraction of sp³-hybridized carbons (Fsp3) is 1.00. The van der Waals surface area contributed by atoms with Crippen LogP contribution >= 0.6 is 0 Å². The van der Waals surface area contributed by atoms with Crippen LogP contribution in [0.4, 0.5) is 8.78 Å². The summed E-state index contributed by atoms with van der Waals surface area (Å²) in [6.07, 6.45) is -2.23. The Morgan fingerprint density at radius 1 is 1.50 bits per heavy atom. The summed E-state index contributed by atoms with van der Waals surface area (Å²) in [5.41, 5.74) is -0.833. The molecule has 48 valence electrons. The molecule has 0 atom stereocenters. The van der Waals surface area contributed by atoms with Crippen LogP contribution in [-0.2, 0) is 4.74 Å². The highest BCUT2D eigenvalue weighted by Gasteiger charge is 2.42. The molecule has 1 aliphatic rings. The number of ether oxygens (including phenoxy) is 1. The maximum atomic E-state index is 11.8. The third-order valence-corrected chi connectivity index (χ3v) is 1.39. The first-order valence-corrected chi connectivity index (χ1v) is 2.51. The third kappa shape index (κ3) is 0.708. The lowest BCUT2D eigenvalue weighted by molar-refractivity contribution is -0.174. The molecule has 1 nitrogen and oxygen atoms in total. The Morgan fingerprint density at radius 3 is 2.00 bits per heavy atom. The maximum Gasteiger partial charge on any atom is 0.248 e. The molecule has 0 aromatic heterocycles. The van der Waals surface area contributed by atoms with Gasteiger partial charge in [0.15, 0.2) is 0 Å². The van der Waals surface area contributed by atoms with Crippen molar-refractivity contribution in [1.29, 1.82) is 0 Å². The fourth-order valence-electron chi connectivity index (χ4n) is 0.550. The minimum Gasteiger partial charge on any atom is -0.380 e. The summed E-state index contributed by atoms with van der Waals surface area (Å²) >= 11 is 0. The van der Waals surface area contributed by atoms with E-state index in [4.69, 9.17) is 0 Å². The Kier molecular flexibility index (Phi) is 1.23. The molecule has 0 bridgehead atoms. The van der Waals surface area contributed by atoms with Gasteiger partial charge in [0, 0.05) is 0 Å². The van der Waals surface area contributed by atoms with E-state index in [1.165, 1.54) is 6.92 Å². The summed E-state index contributed by atoms with van der Waals surface area (Å²) in [7, 11) is 0. The van der Waals surface area contributed by atoms with Gasteiger partial charge in [-0.1, -0.05) is 0 Å². The molecule has 0 amide bonds. The van der Waals surface area contributed by atoms with Crippen LogP contribution in [0.2, 0.25) is 0 Å². The largest absolute Gasteiger partial charge is 0.380 e. The molecular formula is C5H8F2O. The zero-order chi connectivity index (χ0) is 6.20. The molecule has 1 fully saturated rings. The fourth-order valence-corrected chi connectivity index (χ4v) is 0.550. The highest BCUT2D eigenvalue weighted by molar-refractivity contribution is 4.82. The van der Waals surface area contributed by atoms with Crippen molar-refractivity contribution in [3.8, 4) is 0 Å². The van der Waals surface area contributed by atoms with Crippen LogP contribution in [0.5, 0.6) is 0 Å². The molecule has 8 heavy (non-hydrogen) atoms. The summed E-state index contributed by atoms with van der Waals surface area (Å²) in [6, 6.07) is 0. The van der Waals surface area contributed by atoms with Crippen molar-refractivity contribution in [2.75, 3.05) is 13.2 Å². The summed E-state index contributed by atoms with van der Waals surface area (Å²) in [4.78, 5) is 0. The van der Waals surface area contributed by atoms with Crippen molar-refractivity contribution in [2.45, 2.75) is 13.3 Å². The van der Waals surface area contributed by atoms with Crippen molar-refractivity contribution in [1.82, 2.24) is 0 Å². The van der Waals surface area contributed by atoms with E-state index < -0.39 is 11.8 Å². The number of rotatable bonds is 1. The Morgan fingerprint density at radius 2 is 2.00 bits per heavy atom. The predicted octanol–water partition coefficient (Wildman–Crippen LogP) is 1.29. The van der Waals surface area contributed by atoms with Crippen molar-refractivity contribution < 1.29 is 13.5 Å². The van der Waals surface area contributed by atoms with E-state index >= 15 is 0 Å². The number of hydrogen-bond acceptors (Lipinski definition) is 1. The van der Waals surface area contributed by atoms with E-state index in [1.54, 1.807) is 0 Å². The van der Waals surface area contributed by atoms with E-state index in [0.717, 1.165) is 0 Å². The first-order chi connectivity index (χ1) is 3.65. The Labute approximate surface area is 46.6 Å². The zero-order valence-electron chi connectivity index (χ0n) is 4.66. The standard InChI is InChI=1S/C5H8F2O/c1-5(4(6)7)2-8-3-5/h4H,2-3H2,1H3. The second-order valence-corrected chi connectivity index (χ2v) is 2.45. The second kappa shape index (κ2) is 1.65. The summed E-state index contributed by atoms with van der Waals surface area (Å²) in [6.45, 7) is 1.95. The van der Waals surface area contributed by atoms with Gasteiger partial charge >= 0.3 is 0 Å². The molecule has 0 aromatic rings. The molecule has 0 radical (unpaired) electrons. The molecular weight excluding hydrogens is 114 g/mol. The summed E-state index contributed by atoms with van der Waals surface area (Å²) in [5.74, 6) is 0. The molecule has 1 aliphatic heterocycles. The van der Waals surface area contributed by atoms with Crippen LogP contribution in [-0.4, -0.2) is 19.6 Å². The Hall–Kier alpha value is -0.180. The SMILES string of the molecule is CC1(C(F)F)COC1. The van der Waals surface area contributed by atoms with Gasteiger partial charge in [-0.25, -0.2) is 8.78 Å². The molecule has 3 heteroatoms. The lowest BCUT2D eigenvalue weighted by atomic mass is 9.90. The Bertz CT molecular complexity index is 88.4. The van der Waals surface area contributed by atoms with Crippen molar-refractivity contribution in [2.24, 2.45) is 5.41 Å². The zero-order valence-corrected chi connectivity index (χ0v) is 4.66. The van der Waals surface area contributed by atoms with Gasteiger partial charge in [0.25, 0.3) is 0 Å². The topological polar surface area (TPSA) is 9.23 Å². The van der Waals surface area contributed by atoms with Gasteiger partial charge in [0.2, 0.25) is 6.43 Å². The van der Waals surface area contributed by atoms with Crippen LogP contribution in [0.15, 0.2) is 0 Å². The minimum absolute atomic E-state index is 0.213. The van der Waals surface area contributed by atoms with Gasteiger partial charge in [-0.05, 0) is 6.92 Å². The molecule has 1 rings (SSSR count). The molecule has 0 spiro atoms. The average Bonchev–Trinajstić information content (AvgIpc) is 1.60. The van der Waals surface area contributed by atoms with E-state index in [1.807, 2.05) is 0 Å². The molecule has 1 saturated heterocycles. The van der Waals surface area contributed by atoms with Crippen molar-refractivity contribution in [3.05, 3.63) is 0 Å². The van der Waals surface area contributed by atoms with Crippen LogP contribution in [0, 0.1) is 5.41 Å².